The Morgan fingerprint density at radius 3 is 2.60 bits per heavy atom. The topological polar surface area (TPSA) is 32.3 Å². The number of rotatable bonds is 2. The minimum atomic E-state index is -0.0705. The fourth-order valence-electron chi connectivity index (χ4n) is 2.24. The Labute approximate surface area is 98.8 Å². The normalized spacial score (nSPS) is 26.5. The van der Waals surface area contributed by atoms with Gasteiger partial charge in [-0.15, -0.1) is 0 Å². The Morgan fingerprint density at radius 2 is 2.07 bits per heavy atom. The van der Waals surface area contributed by atoms with Crippen LogP contribution in [0.15, 0.2) is 28.7 Å². The van der Waals surface area contributed by atoms with E-state index in [1.807, 2.05) is 12.1 Å². The predicted molar refractivity (Wildman–Crippen MR) is 65.0 cm³/mol. The zero-order valence-electron chi connectivity index (χ0n) is 8.67. The van der Waals surface area contributed by atoms with Gasteiger partial charge in [-0.1, -0.05) is 28.1 Å². The summed E-state index contributed by atoms with van der Waals surface area (Å²) in [5.74, 6) is 0. The van der Waals surface area contributed by atoms with Crippen LogP contribution in [0.5, 0.6) is 0 Å². The molecule has 0 aromatic heterocycles. The number of piperidine rings is 1. The molecule has 1 heterocycles. The first-order valence-corrected chi connectivity index (χ1v) is 6.14. The van der Waals surface area contributed by atoms with Crippen LogP contribution in [0, 0.1) is 0 Å². The van der Waals surface area contributed by atoms with E-state index in [2.05, 4.69) is 33.4 Å². The molecule has 82 valence electrons. The van der Waals surface area contributed by atoms with Crippen molar-refractivity contribution in [3.8, 4) is 0 Å². The second-order valence-corrected chi connectivity index (χ2v) is 5.14. The van der Waals surface area contributed by atoms with Crippen molar-refractivity contribution >= 4 is 15.9 Å². The maximum absolute atomic E-state index is 9.61. The van der Waals surface area contributed by atoms with Gasteiger partial charge in [0, 0.05) is 16.4 Å². The van der Waals surface area contributed by atoms with E-state index in [9.17, 15) is 5.11 Å². The highest BCUT2D eigenvalue weighted by atomic mass is 79.9. The minimum Gasteiger partial charge on any atom is -0.395 e. The molecule has 0 radical (unpaired) electrons. The minimum absolute atomic E-state index is 0.0705. The molecule has 1 aliphatic rings. The van der Waals surface area contributed by atoms with Crippen molar-refractivity contribution in [2.45, 2.75) is 18.3 Å². The predicted octanol–water partition coefficient (Wildman–Crippen LogP) is 2.06. The summed E-state index contributed by atoms with van der Waals surface area (Å²) in [5, 5.41) is 13.0. The van der Waals surface area contributed by atoms with E-state index >= 15 is 0 Å². The second-order valence-electron chi connectivity index (χ2n) is 4.23. The Kier molecular flexibility index (Phi) is 3.44. The largest absolute Gasteiger partial charge is 0.395 e. The van der Waals surface area contributed by atoms with Crippen molar-refractivity contribution in [2.75, 3.05) is 19.7 Å². The molecule has 0 amide bonds. The first kappa shape index (κ1) is 11.1. The van der Waals surface area contributed by atoms with Gasteiger partial charge in [-0.3, -0.25) is 0 Å². The molecule has 1 aromatic rings. The SMILES string of the molecule is OCC1(c2ccc(Br)cc2)CCCNC1. The lowest BCUT2D eigenvalue weighted by atomic mass is 9.75. The van der Waals surface area contributed by atoms with Crippen LogP contribution in [0.25, 0.3) is 0 Å². The molecule has 0 spiro atoms. The lowest BCUT2D eigenvalue weighted by Gasteiger charge is -2.36. The fourth-order valence-corrected chi connectivity index (χ4v) is 2.51. The van der Waals surface area contributed by atoms with Crippen LogP contribution in [0.2, 0.25) is 0 Å². The van der Waals surface area contributed by atoms with Gasteiger partial charge in [0.05, 0.1) is 6.61 Å². The van der Waals surface area contributed by atoms with Gasteiger partial charge in [-0.05, 0) is 37.1 Å². The number of nitrogens with one attached hydrogen (secondary N) is 1. The molecular formula is C12H16BrNO. The van der Waals surface area contributed by atoms with Crippen LogP contribution >= 0.6 is 15.9 Å². The van der Waals surface area contributed by atoms with Gasteiger partial charge >= 0.3 is 0 Å². The Balaban J connectivity index is 2.28. The van der Waals surface area contributed by atoms with Crippen molar-refractivity contribution in [3.05, 3.63) is 34.3 Å². The number of hydrogen-bond donors (Lipinski definition) is 2. The van der Waals surface area contributed by atoms with Crippen molar-refractivity contribution in [2.24, 2.45) is 0 Å². The fraction of sp³-hybridized carbons (Fsp3) is 0.500. The van der Waals surface area contributed by atoms with Crippen LogP contribution in [0.3, 0.4) is 0 Å². The van der Waals surface area contributed by atoms with Gasteiger partial charge in [0.1, 0.15) is 0 Å². The van der Waals surface area contributed by atoms with E-state index in [1.54, 1.807) is 0 Å². The molecule has 1 saturated heterocycles. The Bertz CT molecular complexity index is 317. The van der Waals surface area contributed by atoms with Crippen molar-refractivity contribution < 1.29 is 5.11 Å². The maximum atomic E-state index is 9.61. The third kappa shape index (κ3) is 2.25. The first-order valence-electron chi connectivity index (χ1n) is 5.34. The summed E-state index contributed by atoms with van der Waals surface area (Å²) < 4.78 is 1.09. The quantitative estimate of drug-likeness (QED) is 0.862. The number of halogens is 1. The summed E-state index contributed by atoms with van der Waals surface area (Å²) in [4.78, 5) is 0. The Hall–Kier alpha value is -0.380. The van der Waals surface area contributed by atoms with Gasteiger partial charge < -0.3 is 10.4 Å². The van der Waals surface area contributed by atoms with E-state index in [0.29, 0.717) is 0 Å². The van der Waals surface area contributed by atoms with Crippen molar-refractivity contribution in [1.29, 1.82) is 0 Å². The van der Waals surface area contributed by atoms with Crippen LogP contribution in [0.4, 0.5) is 0 Å². The molecule has 1 aromatic carbocycles. The van der Waals surface area contributed by atoms with E-state index in [4.69, 9.17) is 0 Å². The standard InChI is InChI=1S/C12H16BrNO/c13-11-4-2-10(3-5-11)12(9-15)6-1-7-14-8-12/h2-5,14-15H,1,6-9H2. The molecule has 0 bridgehead atoms. The van der Waals surface area contributed by atoms with Gasteiger partial charge in [0.15, 0.2) is 0 Å². The molecule has 2 rings (SSSR count). The average molecular weight is 270 g/mol. The molecule has 0 aliphatic carbocycles. The summed E-state index contributed by atoms with van der Waals surface area (Å²) in [7, 11) is 0. The average Bonchev–Trinajstić information content (AvgIpc) is 2.31. The van der Waals surface area contributed by atoms with Crippen molar-refractivity contribution in [1.82, 2.24) is 5.32 Å². The van der Waals surface area contributed by atoms with Crippen LogP contribution in [0.1, 0.15) is 18.4 Å². The smallest absolute Gasteiger partial charge is 0.0540 e. The summed E-state index contributed by atoms with van der Waals surface area (Å²) in [6.45, 7) is 2.17. The molecule has 1 unspecified atom stereocenters. The van der Waals surface area contributed by atoms with E-state index in [-0.39, 0.29) is 12.0 Å². The number of aliphatic hydroxyl groups is 1. The number of aliphatic hydroxyl groups excluding tert-OH is 1. The van der Waals surface area contributed by atoms with E-state index in [1.165, 1.54) is 5.56 Å². The molecule has 1 fully saturated rings. The third-order valence-corrected chi connectivity index (χ3v) is 3.76. The monoisotopic (exact) mass is 269 g/mol. The molecule has 3 heteroatoms. The van der Waals surface area contributed by atoms with Gasteiger partial charge in [-0.25, -0.2) is 0 Å². The van der Waals surface area contributed by atoms with Crippen molar-refractivity contribution in [3.63, 3.8) is 0 Å². The molecule has 1 aliphatic heterocycles. The number of benzene rings is 1. The lowest BCUT2D eigenvalue weighted by molar-refractivity contribution is 0.162. The van der Waals surface area contributed by atoms with Gasteiger partial charge in [-0.2, -0.15) is 0 Å². The first-order chi connectivity index (χ1) is 7.27. The molecule has 15 heavy (non-hydrogen) atoms. The lowest BCUT2D eigenvalue weighted by Crippen LogP contribution is -2.45. The molecule has 1 atom stereocenters. The summed E-state index contributed by atoms with van der Waals surface area (Å²) in [6, 6.07) is 8.29. The highest BCUT2D eigenvalue weighted by molar-refractivity contribution is 9.10. The summed E-state index contributed by atoms with van der Waals surface area (Å²) in [6.07, 6.45) is 2.20. The van der Waals surface area contributed by atoms with Crippen LogP contribution in [-0.4, -0.2) is 24.8 Å². The van der Waals surface area contributed by atoms with Crippen LogP contribution < -0.4 is 5.32 Å². The zero-order chi connectivity index (χ0) is 10.7. The van der Waals surface area contributed by atoms with Gasteiger partial charge in [0.25, 0.3) is 0 Å². The van der Waals surface area contributed by atoms with Gasteiger partial charge in [0.2, 0.25) is 0 Å². The molecule has 0 saturated carbocycles. The Morgan fingerprint density at radius 1 is 1.33 bits per heavy atom. The molecule has 2 nitrogen and oxygen atoms in total. The third-order valence-electron chi connectivity index (χ3n) is 3.23. The highest BCUT2D eigenvalue weighted by Crippen LogP contribution is 2.31. The highest BCUT2D eigenvalue weighted by Gasteiger charge is 2.32. The summed E-state index contributed by atoms with van der Waals surface area (Å²) >= 11 is 3.43. The van der Waals surface area contributed by atoms with E-state index < -0.39 is 0 Å². The molecule has 2 N–H and O–H groups in total. The molecular weight excluding hydrogens is 254 g/mol. The maximum Gasteiger partial charge on any atom is 0.0540 e. The van der Waals surface area contributed by atoms with E-state index in [0.717, 1.165) is 30.4 Å². The zero-order valence-corrected chi connectivity index (χ0v) is 10.3. The summed E-state index contributed by atoms with van der Waals surface area (Å²) in [5.41, 5.74) is 1.17. The second kappa shape index (κ2) is 4.64. The van der Waals surface area contributed by atoms with Crippen LogP contribution in [-0.2, 0) is 5.41 Å². The number of hydrogen-bond acceptors (Lipinski definition) is 2.